The molecule has 18 heavy (non-hydrogen) atoms. The highest BCUT2D eigenvalue weighted by molar-refractivity contribution is 7.09. The number of ether oxygens (including phenoxy) is 1. The standard InChI is InChI=1S/C13H14FNO2S/c1-8-7-18-13(15-8)6-17-10-3-4-11(9(2)16)12(14)5-10/h3-5,7,9,16H,6H2,1-2H3/t9-/m1/s1. The van der Waals surface area contributed by atoms with Crippen molar-refractivity contribution in [1.82, 2.24) is 4.98 Å². The van der Waals surface area contributed by atoms with Gasteiger partial charge in [0.1, 0.15) is 23.2 Å². The molecule has 0 saturated heterocycles. The molecule has 0 saturated carbocycles. The fourth-order valence-corrected chi connectivity index (χ4v) is 2.23. The second kappa shape index (κ2) is 5.46. The van der Waals surface area contributed by atoms with Crippen molar-refractivity contribution in [1.29, 1.82) is 0 Å². The Bertz CT molecular complexity index is 540. The number of hydrogen-bond donors (Lipinski definition) is 1. The Kier molecular flexibility index (Phi) is 3.93. The number of halogens is 1. The largest absolute Gasteiger partial charge is 0.486 e. The lowest BCUT2D eigenvalue weighted by molar-refractivity contribution is 0.194. The summed E-state index contributed by atoms with van der Waals surface area (Å²) in [7, 11) is 0. The molecule has 96 valence electrons. The van der Waals surface area contributed by atoms with Crippen LogP contribution in [0.1, 0.15) is 29.3 Å². The number of nitrogens with zero attached hydrogens (tertiary/aromatic N) is 1. The van der Waals surface area contributed by atoms with Gasteiger partial charge in [-0.1, -0.05) is 0 Å². The number of rotatable bonds is 4. The molecule has 0 fully saturated rings. The van der Waals surface area contributed by atoms with Crippen LogP contribution in [-0.4, -0.2) is 10.1 Å². The summed E-state index contributed by atoms with van der Waals surface area (Å²) in [5, 5.41) is 12.1. The number of aryl methyl sites for hydroxylation is 1. The van der Waals surface area contributed by atoms with Crippen LogP contribution in [0.2, 0.25) is 0 Å². The van der Waals surface area contributed by atoms with Gasteiger partial charge in [-0.25, -0.2) is 9.37 Å². The molecule has 2 aromatic rings. The molecule has 0 bridgehead atoms. The predicted molar refractivity (Wildman–Crippen MR) is 68.2 cm³/mol. The number of thiazole rings is 1. The fourth-order valence-electron chi connectivity index (χ4n) is 1.55. The maximum absolute atomic E-state index is 13.6. The second-order valence-corrected chi connectivity index (χ2v) is 4.97. The van der Waals surface area contributed by atoms with Gasteiger partial charge in [-0.2, -0.15) is 0 Å². The summed E-state index contributed by atoms with van der Waals surface area (Å²) in [6, 6.07) is 4.45. The summed E-state index contributed by atoms with van der Waals surface area (Å²) in [4.78, 5) is 4.25. The van der Waals surface area contributed by atoms with E-state index in [1.165, 1.54) is 30.4 Å². The third kappa shape index (κ3) is 3.05. The highest BCUT2D eigenvalue weighted by Gasteiger charge is 2.09. The van der Waals surface area contributed by atoms with E-state index < -0.39 is 11.9 Å². The van der Waals surface area contributed by atoms with Gasteiger partial charge in [-0.3, -0.25) is 0 Å². The highest BCUT2D eigenvalue weighted by atomic mass is 32.1. The van der Waals surface area contributed by atoms with Crippen LogP contribution < -0.4 is 4.74 Å². The first kappa shape index (κ1) is 13.0. The van der Waals surface area contributed by atoms with E-state index in [1.54, 1.807) is 6.07 Å². The SMILES string of the molecule is Cc1csc(COc2ccc([C@@H](C)O)c(F)c2)n1. The first-order valence-corrected chi connectivity index (χ1v) is 6.45. The number of hydrogen-bond acceptors (Lipinski definition) is 4. The van der Waals surface area contributed by atoms with Gasteiger partial charge < -0.3 is 9.84 Å². The van der Waals surface area contributed by atoms with Gasteiger partial charge in [0, 0.05) is 22.7 Å². The zero-order valence-corrected chi connectivity index (χ0v) is 11.0. The molecule has 3 nitrogen and oxygen atoms in total. The summed E-state index contributed by atoms with van der Waals surface area (Å²) in [5.41, 5.74) is 1.22. The van der Waals surface area contributed by atoms with Gasteiger partial charge in [-0.05, 0) is 26.0 Å². The van der Waals surface area contributed by atoms with E-state index >= 15 is 0 Å². The molecule has 0 aliphatic heterocycles. The first-order valence-electron chi connectivity index (χ1n) is 5.57. The Labute approximate surface area is 109 Å². The molecular formula is C13H14FNO2S. The Morgan fingerprint density at radius 1 is 1.50 bits per heavy atom. The quantitative estimate of drug-likeness (QED) is 0.924. The Morgan fingerprint density at radius 2 is 2.28 bits per heavy atom. The third-order valence-electron chi connectivity index (χ3n) is 2.45. The molecule has 5 heteroatoms. The minimum absolute atomic E-state index is 0.271. The number of aliphatic hydroxyl groups excluding tert-OH is 1. The fraction of sp³-hybridized carbons (Fsp3) is 0.308. The molecule has 0 radical (unpaired) electrons. The monoisotopic (exact) mass is 267 g/mol. The number of aliphatic hydroxyl groups is 1. The smallest absolute Gasteiger partial charge is 0.140 e. The van der Waals surface area contributed by atoms with Crippen LogP contribution in [0.3, 0.4) is 0 Å². The van der Waals surface area contributed by atoms with Gasteiger partial charge in [0.05, 0.1) is 6.10 Å². The predicted octanol–water partition coefficient (Wildman–Crippen LogP) is 3.22. The molecule has 0 unspecified atom stereocenters. The van der Waals surface area contributed by atoms with E-state index in [1.807, 2.05) is 12.3 Å². The van der Waals surface area contributed by atoms with Crippen molar-refractivity contribution >= 4 is 11.3 Å². The minimum atomic E-state index is -0.819. The summed E-state index contributed by atoms with van der Waals surface area (Å²) < 4.78 is 19.0. The highest BCUT2D eigenvalue weighted by Crippen LogP contribution is 2.22. The Morgan fingerprint density at radius 3 is 2.83 bits per heavy atom. The lowest BCUT2D eigenvalue weighted by atomic mass is 10.1. The van der Waals surface area contributed by atoms with Gasteiger partial charge in [0.15, 0.2) is 0 Å². The van der Waals surface area contributed by atoms with Crippen LogP contribution in [0, 0.1) is 12.7 Å². The van der Waals surface area contributed by atoms with Crippen LogP contribution in [-0.2, 0) is 6.61 Å². The van der Waals surface area contributed by atoms with Crippen molar-refractivity contribution in [2.24, 2.45) is 0 Å². The molecular weight excluding hydrogens is 253 g/mol. The van der Waals surface area contributed by atoms with Crippen molar-refractivity contribution < 1.29 is 14.2 Å². The van der Waals surface area contributed by atoms with Gasteiger partial charge in [0.2, 0.25) is 0 Å². The number of aromatic nitrogens is 1. The summed E-state index contributed by atoms with van der Waals surface area (Å²) in [6.45, 7) is 3.76. The molecule has 1 atom stereocenters. The van der Waals surface area contributed by atoms with E-state index in [4.69, 9.17) is 4.74 Å². The van der Waals surface area contributed by atoms with Crippen LogP contribution in [0.5, 0.6) is 5.75 Å². The molecule has 2 rings (SSSR count). The van der Waals surface area contributed by atoms with E-state index in [9.17, 15) is 9.50 Å². The maximum atomic E-state index is 13.6. The second-order valence-electron chi connectivity index (χ2n) is 4.03. The van der Waals surface area contributed by atoms with Gasteiger partial charge >= 0.3 is 0 Å². The Balaban J connectivity index is 2.04. The van der Waals surface area contributed by atoms with Crippen molar-refractivity contribution in [2.75, 3.05) is 0 Å². The summed E-state index contributed by atoms with van der Waals surface area (Å²) >= 11 is 1.51. The first-order chi connectivity index (χ1) is 8.56. The van der Waals surface area contributed by atoms with Gasteiger partial charge in [-0.15, -0.1) is 11.3 Å². The lowest BCUT2D eigenvalue weighted by Crippen LogP contribution is -1.99. The lowest BCUT2D eigenvalue weighted by Gasteiger charge is -2.09. The van der Waals surface area contributed by atoms with Gasteiger partial charge in [0.25, 0.3) is 0 Å². The van der Waals surface area contributed by atoms with Crippen molar-refractivity contribution in [3.05, 3.63) is 45.7 Å². The molecule has 0 aliphatic rings. The van der Waals surface area contributed by atoms with E-state index in [0.717, 1.165) is 10.7 Å². The number of benzene rings is 1. The molecule has 0 aliphatic carbocycles. The van der Waals surface area contributed by atoms with Crippen LogP contribution in [0.15, 0.2) is 23.6 Å². The van der Waals surface area contributed by atoms with Crippen LogP contribution in [0.25, 0.3) is 0 Å². The summed E-state index contributed by atoms with van der Waals surface area (Å²) in [5.74, 6) is -0.0254. The molecule has 0 spiro atoms. The van der Waals surface area contributed by atoms with Crippen LogP contribution >= 0.6 is 11.3 Å². The summed E-state index contributed by atoms with van der Waals surface area (Å²) in [6.07, 6.45) is -0.819. The maximum Gasteiger partial charge on any atom is 0.140 e. The van der Waals surface area contributed by atoms with E-state index in [-0.39, 0.29) is 5.56 Å². The van der Waals surface area contributed by atoms with Crippen molar-refractivity contribution in [2.45, 2.75) is 26.6 Å². The molecule has 0 amide bonds. The normalized spacial score (nSPS) is 12.4. The zero-order valence-electron chi connectivity index (χ0n) is 10.2. The van der Waals surface area contributed by atoms with Crippen LogP contribution in [0.4, 0.5) is 4.39 Å². The van der Waals surface area contributed by atoms with Crippen molar-refractivity contribution in [3.63, 3.8) is 0 Å². The minimum Gasteiger partial charge on any atom is -0.486 e. The molecule has 1 aromatic carbocycles. The molecule has 1 heterocycles. The third-order valence-corrected chi connectivity index (χ3v) is 3.39. The van der Waals surface area contributed by atoms with Crippen molar-refractivity contribution in [3.8, 4) is 5.75 Å². The molecule has 1 aromatic heterocycles. The topological polar surface area (TPSA) is 42.4 Å². The average molecular weight is 267 g/mol. The average Bonchev–Trinajstić information content (AvgIpc) is 2.72. The van der Waals surface area contributed by atoms with E-state index in [0.29, 0.717) is 12.4 Å². The zero-order chi connectivity index (χ0) is 13.1. The molecule has 1 N–H and O–H groups in total. The Hall–Kier alpha value is -1.46. The van der Waals surface area contributed by atoms with E-state index in [2.05, 4.69) is 4.98 Å².